The molecule has 3 aromatic heterocycles. The number of halogens is 1. The Morgan fingerprint density at radius 3 is 2.77 bits per heavy atom. The lowest BCUT2D eigenvalue weighted by Crippen LogP contribution is -2.19. The van der Waals surface area contributed by atoms with E-state index in [1.165, 1.54) is 13.2 Å². The maximum absolute atomic E-state index is 14.4. The maximum Gasteiger partial charge on any atom is 0.316 e. The highest BCUT2D eigenvalue weighted by molar-refractivity contribution is 6.13. The smallest absolute Gasteiger partial charge is 0.316 e. The Balaban J connectivity index is 1.56. The molecule has 1 aliphatic rings. The van der Waals surface area contributed by atoms with Crippen LogP contribution < -0.4 is 15.0 Å². The maximum atomic E-state index is 14.4. The second kappa shape index (κ2) is 7.50. The summed E-state index contributed by atoms with van der Waals surface area (Å²) in [5.41, 5.74) is 3.08. The first-order valence-electron chi connectivity index (χ1n) is 10.1. The van der Waals surface area contributed by atoms with Crippen LogP contribution in [0.4, 0.5) is 15.8 Å². The SMILES string of the molecule is COc1ncc2c(N3CCCC3)ccc(C(=O)Nc3cc(F)c4nc(C)cn4c3)c2n1. The molecule has 4 aromatic rings. The zero-order chi connectivity index (χ0) is 21.5. The molecule has 0 aliphatic carbocycles. The molecule has 0 bridgehead atoms. The summed E-state index contributed by atoms with van der Waals surface area (Å²) in [6, 6.07) is 5.10. The summed E-state index contributed by atoms with van der Waals surface area (Å²) in [5, 5.41) is 3.56. The fraction of sp³-hybridized carbons (Fsp3) is 0.273. The van der Waals surface area contributed by atoms with E-state index in [1.807, 2.05) is 6.07 Å². The van der Waals surface area contributed by atoms with E-state index in [-0.39, 0.29) is 11.7 Å². The highest BCUT2D eigenvalue weighted by Gasteiger charge is 2.21. The highest BCUT2D eigenvalue weighted by atomic mass is 19.1. The first kappa shape index (κ1) is 19.2. The number of hydrogen-bond donors (Lipinski definition) is 1. The van der Waals surface area contributed by atoms with E-state index in [0.717, 1.165) is 37.0 Å². The molecule has 0 unspecified atom stereocenters. The first-order valence-corrected chi connectivity index (χ1v) is 10.1. The van der Waals surface area contributed by atoms with E-state index in [4.69, 9.17) is 4.74 Å². The number of aryl methyl sites for hydroxylation is 1. The zero-order valence-corrected chi connectivity index (χ0v) is 17.2. The summed E-state index contributed by atoms with van der Waals surface area (Å²) >= 11 is 0. The molecule has 0 atom stereocenters. The number of fused-ring (bicyclic) bond motifs is 2. The van der Waals surface area contributed by atoms with Gasteiger partial charge in [-0.15, -0.1) is 0 Å². The van der Waals surface area contributed by atoms with Gasteiger partial charge in [0.25, 0.3) is 5.91 Å². The molecule has 1 saturated heterocycles. The number of methoxy groups -OCH3 is 1. The van der Waals surface area contributed by atoms with Crippen molar-refractivity contribution in [1.29, 1.82) is 0 Å². The summed E-state index contributed by atoms with van der Waals surface area (Å²) in [4.78, 5) is 28.2. The van der Waals surface area contributed by atoms with Gasteiger partial charge >= 0.3 is 6.01 Å². The van der Waals surface area contributed by atoms with Gasteiger partial charge in [-0.25, -0.2) is 14.4 Å². The van der Waals surface area contributed by atoms with Crippen LogP contribution in [0.5, 0.6) is 6.01 Å². The van der Waals surface area contributed by atoms with Gasteiger partial charge in [0.1, 0.15) is 0 Å². The summed E-state index contributed by atoms with van der Waals surface area (Å²) in [5.74, 6) is -0.904. The normalized spacial score (nSPS) is 13.8. The number of carbonyl (C=O) groups is 1. The Hall–Kier alpha value is -3.75. The van der Waals surface area contributed by atoms with Crippen molar-refractivity contribution in [3.8, 4) is 6.01 Å². The van der Waals surface area contributed by atoms with Crippen LogP contribution in [0.1, 0.15) is 28.9 Å². The average Bonchev–Trinajstić information content (AvgIpc) is 3.42. The minimum absolute atomic E-state index is 0.182. The van der Waals surface area contributed by atoms with Crippen molar-refractivity contribution in [2.45, 2.75) is 19.8 Å². The van der Waals surface area contributed by atoms with Gasteiger partial charge in [0, 0.05) is 48.8 Å². The minimum atomic E-state index is -0.510. The second-order valence-electron chi connectivity index (χ2n) is 7.59. The number of ether oxygens (including phenoxy) is 1. The van der Waals surface area contributed by atoms with E-state index in [9.17, 15) is 9.18 Å². The van der Waals surface area contributed by atoms with E-state index in [0.29, 0.717) is 22.5 Å². The summed E-state index contributed by atoms with van der Waals surface area (Å²) < 4.78 is 21.1. The van der Waals surface area contributed by atoms with Crippen LogP contribution in [-0.4, -0.2) is 45.5 Å². The number of imidazole rings is 1. The third kappa shape index (κ3) is 3.41. The summed E-state index contributed by atoms with van der Waals surface area (Å²) in [7, 11) is 1.48. The molecular formula is C22H21FN6O2. The summed E-state index contributed by atoms with van der Waals surface area (Å²) in [6.07, 6.45) is 7.27. The molecule has 158 valence electrons. The van der Waals surface area contributed by atoms with Gasteiger partial charge < -0.3 is 19.4 Å². The number of amides is 1. The molecule has 0 spiro atoms. The van der Waals surface area contributed by atoms with Crippen molar-refractivity contribution >= 4 is 33.8 Å². The minimum Gasteiger partial charge on any atom is -0.467 e. The van der Waals surface area contributed by atoms with Crippen molar-refractivity contribution in [3.63, 3.8) is 0 Å². The number of carbonyl (C=O) groups excluding carboxylic acids is 1. The van der Waals surface area contributed by atoms with Gasteiger partial charge in [-0.3, -0.25) is 4.79 Å². The quantitative estimate of drug-likeness (QED) is 0.543. The van der Waals surface area contributed by atoms with Gasteiger partial charge in [0.05, 0.1) is 29.6 Å². The van der Waals surface area contributed by atoms with Crippen molar-refractivity contribution in [2.75, 3.05) is 30.4 Å². The van der Waals surface area contributed by atoms with Crippen molar-refractivity contribution in [1.82, 2.24) is 19.4 Å². The van der Waals surface area contributed by atoms with Crippen LogP contribution in [0, 0.1) is 12.7 Å². The molecule has 0 saturated carbocycles. The van der Waals surface area contributed by atoms with Crippen LogP contribution >= 0.6 is 0 Å². The van der Waals surface area contributed by atoms with E-state index < -0.39 is 11.7 Å². The van der Waals surface area contributed by atoms with Crippen LogP contribution in [-0.2, 0) is 0 Å². The van der Waals surface area contributed by atoms with Crippen molar-refractivity contribution < 1.29 is 13.9 Å². The molecule has 1 N–H and O–H groups in total. The predicted molar refractivity (Wildman–Crippen MR) is 115 cm³/mol. The molecule has 8 nitrogen and oxygen atoms in total. The molecule has 1 fully saturated rings. The van der Waals surface area contributed by atoms with Crippen LogP contribution in [0.25, 0.3) is 16.6 Å². The molecule has 1 amide bonds. The zero-order valence-electron chi connectivity index (χ0n) is 17.2. The first-order chi connectivity index (χ1) is 15.0. The Bertz CT molecular complexity index is 1310. The number of hydrogen-bond acceptors (Lipinski definition) is 6. The van der Waals surface area contributed by atoms with E-state index in [2.05, 4.69) is 25.2 Å². The molecule has 4 heterocycles. The number of pyridine rings is 1. The van der Waals surface area contributed by atoms with Gasteiger partial charge in [-0.05, 0) is 31.9 Å². The summed E-state index contributed by atoms with van der Waals surface area (Å²) in [6.45, 7) is 3.69. The Kier molecular flexibility index (Phi) is 4.65. The standard InChI is InChI=1S/C22H21FN6O2/c1-13-11-29-12-14(9-17(23)20(29)25-13)26-21(30)15-5-6-18(28-7-3-4-8-28)16-10-24-22(31-2)27-19(15)16/h5-6,9-12H,3-4,7-8H2,1-2H3,(H,26,30). The number of benzene rings is 1. The Labute approximate surface area is 177 Å². The fourth-order valence-electron chi connectivity index (χ4n) is 4.05. The van der Waals surface area contributed by atoms with Crippen LogP contribution in [0.3, 0.4) is 0 Å². The number of nitrogens with one attached hydrogen (secondary N) is 1. The largest absolute Gasteiger partial charge is 0.467 e. The number of nitrogens with zero attached hydrogens (tertiary/aromatic N) is 5. The van der Waals surface area contributed by atoms with Crippen molar-refractivity contribution in [2.24, 2.45) is 0 Å². The fourth-order valence-corrected chi connectivity index (χ4v) is 4.05. The average molecular weight is 420 g/mol. The molecule has 31 heavy (non-hydrogen) atoms. The lowest BCUT2D eigenvalue weighted by atomic mass is 10.1. The predicted octanol–water partition coefficient (Wildman–Crippen LogP) is 3.59. The third-order valence-electron chi connectivity index (χ3n) is 5.46. The number of rotatable bonds is 4. The number of aromatic nitrogens is 4. The lowest BCUT2D eigenvalue weighted by Gasteiger charge is -2.20. The highest BCUT2D eigenvalue weighted by Crippen LogP contribution is 2.31. The molecular weight excluding hydrogens is 399 g/mol. The monoisotopic (exact) mass is 420 g/mol. The molecule has 5 rings (SSSR count). The van der Waals surface area contributed by atoms with E-state index >= 15 is 0 Å². The van der Waals surface area contributed by atoms with Gasteiger partial charge in [0.2, 0.25) is 0 Å². The Morgan fingerprint density at radius 1 is 1.19 bits per heavy atom. The topological polar surface area (TPSA) is 84.6 Å². The van der Waals surface area contributed by atoms with E-state index in [1.54, 1.807) is 36.0 Å². The van der Waals surface area contributed by atoms with Gasteiger partial charge in [-0.1, -0.05) is 0 Å². The van der Waals surface area contributed by atoms with Crippen LogP contribution in [0.2, 0.25) is 0 Å². The molecule has 1 aliphatic heterocycles. The second-order valence-corrected chi connectivity index (χ2v) is 7.59. The Morgan fingerprint density at radius 2 is 2.00 bits per heavy atom. The van der Waals surface area contributed by atoms with Gasteiger partial charge in [-0.2, -0.15) is 4.98 Å². The lowest BCUT2D eigenvalue weighted by molar-refractivity contribution is 0.102. The molecule has 1 aromatic carbocycles. The van der Waals surface area contributed by atoms with Gasteiger partial charge in [0.15, 0.2) is 11.5 Å². The number of anilines is 2. The molecule has 9 heteroatoms. The van der Waals surface area contributed by atoms with Crippen molar-refractivity contribution in [3.05, 3.63) is 53.9 Å². The van der Waals surface area contributed by atoms with Crippen LogP contribution in [0.15, 0.2) is 36.8 Å². The molecule has 0 radical (unpaired) electrons. The third-order valence-corrected chi connectivity index (χ3v) is 5.46.